The van der Waals surface area contributed by atoms with Gasteiger partial charge in [-0.15, -0.1) is 5.10 Å². The Labute approximate surface area is 136 Å². The van der Waals surface area contributed by atoms with E-state index in [4.69, 9.17) is 9.84 Å². The summed E-state index contributed by atoms with van der Waals surface area (Å²) < 4.78 is 7.58. The molecule has 1 aromatic heterocycles. The number of benzene rings is 1. The Morgan fingerprint density at radius 2 is 1.96 bits per heavy atom. The SMILES string of the molecule is OCCCOC1CCN(Cc2ncn(-c3ccccc3)n2)CC1. The van der Waals surface area contributed by atoms with E-state index in [0.717, 1.165) is 50.4 Å². The third kappa shape index (κ3) is 4.60. The van der Waals surface area contributed by atoms with Crippen LogP contribution in [0.2, 0.25) is 0 Å². The van der Waals surface area contributed by atoms with Crippen LogP contribution in [-0.4, -0.2) is 57.2 Å². The van der Waals surface area contributed by atoms with Gasteiger partial charge in [-0.3, -0.25) is 4.90 Å². The minimum Gasteiger partial charge on any atom is -0.396 e. The molecule has 23 heavy (non-hydrogen) atoms. The monoisotopic (exact) mass is 316 g/mol. The maximum atomic E-state index is 8.78. The predicted molar refractivity (Wildman–Crippen MR) is 87.3 cm³/mol. The van der Waals surface area contributed by atoms with Crippen LogP contribution in [0.4, 0.5) is 0 Å². The summed E-state index contributed by atoms with van der Waals surface area (Å²) in [5.41, 5.74) is 1.03. The van der Waals surface area contributed by atoms with Gasteiger partial charge in [-0.1, -0.05) is 18.2 Å². The first-order valence-corrected chi connectivity index (χ1v) is 8.26. The lowest BCUT2D eigenvalue weighted by molar-refractivity contribution is 0.000352. The molecule has 0 amide bonds. The lowest BCUT2D eigenvalue weighted by Crippen LogP contribution is -2.37. The number of aliphatic hydroxyl groups excluding tert-OH is 1. The molecule has 3 rings (SSSR count). The molecule has 6 heteroatoms. The van der Waals surface area contributed by atoms with Gasteiger partial charge in [0.05, 0.1) is 18.3 Å². The highest BCUT2D eigenvalue weighted by atomic mass is 16.5. The van der Waals surface area contributed by atoms with Gasteiger partial charge < -0.3 is 9.84 Å². The van der Waals surface area contributed by atoms with Crippen molar-refractivity contribution in [3.05, 3.63) is 42.5 Å². The Hall–Kier alpha value is -1.76. The van der Waals surface area contributed by atoms with E-state index in [1.807, 2.05) is 35.0 Å². The topological polar surface area (TPSA) is 63.4 Å². The number of para-hydroxylation sites is 1. The second-order valence-corrected chi connectivity index (χ2v) is 5.86. The van der Waals surface area contributed by atoms with Crippen molar-refractivity contribution in [3.8, 4) is 5.69 Å². The van der Waals surface area contributed by atoms with Crippen LogP contribution in [0, 0.1) is 0 Å². The van der Waals surface area contributed by atoms with Gasteiger partial charge >= 0.3 is 0 Å². The van der Waals surface area contributed by atoms with E-state index in [0.29, 0.717) is 12.7 Å². The molecule has 1 aliphatic heterocycles. The Kier molecular flexibility index (Phi) is 5.74. The fourth-order valence-corrected chi connectivity index (χ4v) is 2.82. The number of aromatic nitrogens is 3. The van der Waals surface area contributed by atoms with Gasteiger partial charge in [0.2, 0.25) is 0 Å². The zero-order chi connectivity index (χ0) is 15.9. The Bertz CT molecular complexity index is 579. The van der Waals surface area contributed by atoms with E-state index in [1.54, 1.807) is 6.33 Å². The number of likely N-dealkylation sites (tertiary alicyclic amines) is 1. The summed E-state index contributed by atoms with van der Waals surface area (Å²) in [5, 5.41) is 13.3. The minimum atomic E-state index is 0.203. The van der Waals surface area contributed by atoms with E-state index in [9.17, 15) is 0 Å². The first kappa shape index (κ1) is 16.1. The maximum Gasteiger partial charge on any atom is 0.164 e. The number of hydrogen-bond acceptors (Lipinski definition) is 5. The molecular weight excluding hydrogens is 292 g/mol. The summed E-state index contributed by atoms with van der Waals surface area (Å²) in [5.74, 6) is 0.855. The molecule has 0 radical (unpaired) electrons. The summed E-state index contributed by atoms with van der Waals surface area (Å²) >= 11 is 0. The first-order chi connectivity index (χ1) is 11.3. The van der Waals surface area contributed by atoms with E-state index in [1.165, 1.54) is 0 Å². The van der Waals surface area contributed by atoms with Gasteiger partial charge in [0, 0.05) is 26.3 Å². The quantitative estimate of drug-likeness (QED) is 0.787. The average Bonchev–Trinajstić information content (AvgIpc) is 3.06. The molecule has 1 fully saturated rings. The molecule has 2 heterocycles. The predicted octanol–water partition coefficient (Wildman–Crippen LogP) is 1.63. The molecule has 1 aromatic carbocycles. The standard InChI is InChI=1S/C17H24N4O2/c22-11-4-12-23-16-7-9-20(10-8-16)13-17-18-14-21(19-17)15-5-2-1-3-6-15/h1-3,5-6,14,16,22H,4,7-13H2. The van der Waals surface area contributed by atoms with Gasteiger partial charge in [-0.2, -0.15) is 0 Å². The number of hydrogen-bond donors (Lipinski definition) is 1. The van der Waals surface area contributed by atoms with E-state index >= 15 is 0 Å². The molecule has 1 N–H and O–H groups in total. The van der Waals surface area contributed by atoms with Crippen LogP contribution in [0.1, 0.15) is 25.1 Å². The lowest BCUT2D eigenvalue weighted by atomic mass is 10.1. The van der Waals surface area contributed by atoms with Crippen LogP contribution >= 0.6 is 0 Å². The number of nitrogens with zero attached hydrogens (tertiary/aromatic N) is 4. The summed E-state index contributed by atoms with van der Waals surface area (Å²) in [6, 6.07) is 10.0. The summed E-state index contributed by atoms with van der Waals surface area (Å²) in [6.45, 7) is 3.65. The highest BCUT2D eigenvalue weighted by molar-refractivity contribution is 5.29. The number of aliphatic hydroxyl groups is 1. The Morgan fingerprint density at radius 3 is 2.70 bits per heavy atom. The molecule has 0 aliphatic carbocycles. The molecule has 0 atom stereocenters. The van der Waals surface area contributed by atoms with Crippen molar-refractivity contribution in [2.45, 2.75) is 31.9 Å². The van der Waals surface area contributed by atoms with Crippen molar-refractivity contribution in [3.63, 3.8) is 0 Å². The minimum absolute atomic E-state index is 0.203. The molecule has 0 saturated carbocycles. The largest absolute Gasteiger partial charge is 0.396 e. The van der Waals surface area contributed by atoms with Crippen LogP contribution in [-0.2, 0) is 11.3 Å². The molecule has 0 bridgehead atoms. The van der Waals surface area contributed by atoms with Crippen molar-refractivity contribution in [2.24, 2.45) is 0 Å². The molecule has 1 saturated heterocycles. The third-order valence-electron chi connectivity index (χ3n) is 4.12. The number of piperidine rings is 1. The van der Waals surface area contributed by atoms with Crippen molar-refractivity contribution in [1.82, 2.24) is 19.7 Å². The molecule has 0 unspecified atom stereocenters. The fraction of sp³-hybridized carbons (Fsp3) is 0.529. The van der Waals surface area contributed by atoms with Gasteiger partial charge in [0.1, 0.15) is 6.33 Å². The summed E-state index contributed by atoms with van der Waals surface area (Å²) in [6.07, 6.45) is 4.89. The lowest BCUT2D eigenvalue weighted by Gasteiger charge is -2.31. The average molecular weight is 316 g/mol. The van der Waals surface area contributed by atoms with Gasteiger partial charge in [0.25, 0.3) is 0 Å². The molecular formula is C17H24N4O2. The molecule has 124 valence electrons. The van der Waals surface area contributed by atoms with E-state index < -0.39 is 0 Å². The molecule has 6 nitrogen and oxygen atoms in total. The van der Waals surface area contributed by atoms with Gasteiger partial charge in [0.15, 0.2) is 5.82 Å². The van der Waals surface area contributed by atoms with Crippen LogP contribution in [0.5, 0.6) is 0 Å². The van der Waals surface area contributed by atoms with Crippen LogP contribution in [0.3, 0.4) is 0 Å². The van der Waals surface area contributed by atoms with Crippen LogP contribution in [0.25, 0.3) is 5.69 Å². The normalized spacial score (nSPS) is 16.7. The maximum absolute atomic E-state index is 8.78. The van der Waals surface area contributed by atoms with E-state index in [-0.39, 0.29) is 6.61 Å². The van der Waals surface area contributed by atoms with Crippen molar-refractivity contribution >= 4 is 0 Å². The van der Waals surface area contributed by atoms with Crippen molar-refractivity contribution < 1.29 is 9.84 Å². The highest BCUT2D eigenvalue weighted by Crippen LogP contribution is 2.15. The second kappa shape index (κ2) is 8.19. The fourth-order valence-electron chi connectivity index (χ4n) is 2.82. The van der Waals surface area contributed by atoms with Crippen molar-refractivity contribution in [2.75, 3.05) is 26.3 Å². The van der Waals surface area contributed by atoms with Gasteiger partial charge in [-0.25, -0.2) is 9.67 Å². The Morgan fingerprint density at radius 1 is 1.17 bits per heavy atom. The first-order valence-electron chi connectivity index (χ1n) is 8.26. The molecule has 1 aliphatic rings. The third-order valence-corrected chi connectivity index (χ3v) is 4.12. The molecule has 2 aromatic rings. The van der Waals surface area contributed by atoms with Crippen LogP contribution in [0.15, 0.2) is 36.7 Å². The number of ether oxygens (including phenoxy) is 1. The smallest absolute Gasteiger partial charge is 0.164 e. The second-order valence-electron chi connectivity index (χ2n) is 5.86. The highest BCUT2D eigenvalue weighted by Gasteiger charge is 2.20. The summed E-state index contributed by atoms with van der Waals surface area (Å²) in [4.78, 5) is 6.79. The number of rotatable bonds is 7. The summed E-state index contributed by atoms with van der Waals surface area (Å²) in [7, 11) is 0. The van der Waals surface area contributed by atoms with E-state index in [2.05, 4.69) is 15.0 Å². The molecule has 0 spiro atoms. The van der Waals surface area contributed by atoms with Crippen LogP contribution < -0.4 is 0 Å². The van der Waals surface area contributed by atoms with Gasteiger partial charge in [-0.05, 0) is 31.4 Å². The van der Waals surface area contributed by atoms with Crippen molar-refractivity contribution in [1.29, 1.82) is 0 Å². The zero-order valence-corrected chi connectivity index (χ0v) is 13.3. The Balaban J connectivity index is 1.47. The zero-order valence-electron chi connectivity index (χ0n) is 13.3.